The molecular weight excluding hydrogens is 268 g/mol. The third kappa shape index (κ3) is 4.11. The molecule has 2 rings (SSSR count). The molecule has 3 N–H and O–H groups in total. The van der Waals surface area contributed by atoms with Crippen LogP contribution in [0.5, 0.6) is 5.75 Å². The molecule has 116 valence electrons. The van der Waals surface area contributed by atoms with Crippen LogP contribution in [0, 0.1) is 5.41 Å². The molecule has 0 radical (unpaired) electrons. The topological polar surface area (TPSA) is 70.6 Å². The second-order valence-corrected chi connectivity index (χ2v) is 6.13. The number of anilines is 1. The van der Waals surface area contributed by atoms with Crippen molar-refractivity contribution in [3.63, 3.8) is 0 Å². The Morgan fingerprint density at radius 1 is 1.48 bits per heavy atom. The minimum Gasteiger partial charge on any atom is -0.489 e. The normalized spacial score (nSPS) is 13.9. The van der Waals surface area contributed by atoms with Crippen LogP contribution in [-0.2, 0) is 0 Å². The first-order chi connectivity index (χ1) is 10.0. The molecule has 0 aliphatic carbocycles. The van der Waals surface area contributed by atoms with Gasteiger partial charge >= 0.3 is 0 Å². The lowest BCUT2D eigenvalue weighted by Gasteiger charge is -2.25. The van der Waals surface area contributed by atoms with Gasteiger partial charge in [0.15, 0.2) is 5.75 Å². The first kappa shape index (κ1) is 15.6. The maximum absolute atomic E-state index is 12.4. The van der Waals surface area contributed by atoms with E-state index in [-0.39, 0.29) is 17.9 Å². The molecular formula is C16H24N2O3. The van der Waals surface area contributed by atoms with Crippen LogP contribution >= 0.6 is 0 Å². The molecule has 0 unspecified atom stereocenters. The third-order valence-electron chi connectivity index (χ3n) is 3.66. The fourth-order valence-corrected chi connectivity index (χ4v) is 2.41. The maximum Gasteiger partial charge on any atom is 0.255 e. The molecule has 0 fully saturated rings. The van der Waals surface area contributed by atoms with Crippen molar-refractivity contribution in [2.24, 2.45) is 5.41 Å². The van der Waals surface area contributed by atoms with E-state index in [1.807, 2.05) is 12.1 Å². The third-order valence-corrected chi connectivity index (χ3v) is 3.66. The molecule has 0 saturated carbocycles. The highest BCUT2D eigenvalue weighted by atomic mass is 16.5. The number of rotatable bonds is 6. The van der Waals surface area contributed by atoms with Gasteiger partial charge in [0.25, 0.3) is 5.91 Å². The van der Waals surface area contributed by atoms with Crippen molar-refractivity contribution in [3.8, 4) is 5.75 Å². The van der Waals surface area contributed by atoms with Gasteiger partial charge in [-0.3, -0.25) is 4.79 Å². The van der Waals surface area contributed by atoms with Crippen molar-refractivity contribution in [1.82, 2.24) is 5.32 Å². The Balaban J connectivity index is 2.01. The number of para-hydroxylation sites is 1. The van der Waals surface area contributed by atoms with Crippen LogP contribution in [0.15, 0.2) is 18.2 Å². The highest BCUT2D eigenvalue weighted by molar-refractivity contribution is 5.99. The van der Waals surface area contributed by atoms with Crippen LogP contribution in [0.25, 0.3) is 0 Å². The van der Waals surface area contributed by atoms with Crippen LogP contribution in [0.4, 0.5) is 5.69 Å². The molecule has 5 heteroatoms. The predicted molar refractivity (Wildman–Crippen MR) is 82.9 cm³/mol. The predicted octanol–water partition coefficient (Wildman–Crippen LogP) is 2.02. The first-order valence-corrected chi connectivity index (χ1v) is 7.42. The van der Waals surface area contributed by atoms with Crippen molar-refractivity contribution >= 4 is 11.6 Å². The van der Waals surface area contributed by atoms with E-state index < -0.39 is 0 Å². The Kier molecular flexibility index (Phi) is 5.07. The van der Waals surface area contributed by atoms with E-state index in [4.69, 9.17) is 9.84 Å². The summed E-state index contributed by atoms with van der Waals surface area (Å²) in [6.07, 6.45) is 1.62. The summed E-state index contributed by atoms with van der Waals surface area (Å²) in [5.41, 5.74) is 1.40. The second-order valence-electron chi connectivity index (χ2n) is 6.13. The van der Waals surface area contributed by atoms with E-state index in [9.17, 15) is 4.79 Å². The average Bonchev–Trinajstić information content (AvgIpc) is 2.50. The highest BCUT2D eigenvalue weighted by Gasteiger charge is 2.22. The number of nitrogens with one attached hydrogen (secondary N) is 2. The van der Waals surface area contributed by atoms with Gasteiger partial charge in [-0.25, -0.2) is 0 Å². The number of aliphatic hydroxyl groups excluding tert-OH is 1. The molecule has 1 amide bonds. The molecule has 0 aromatic heterocycles. The molecule has 0 bridgehead atoms. The summed E-state index contributed by atoms with van der Waals surface area (Å²) in [7, 11) is 0. The SMILES string of the molecule is CC(C)(CCCO)CNC(=O)c1cccc2c1OCCN2. The van der Waals surface area contributed by atoms with Crippen LogP contribution in [0.2, 0.25) is 0 Å². The fraction of sp³-hybridized carbons (Fsp3) is 0.562. The summed E-state index contributed by atoms with van der Waals surface area (Å²) in [5, 5.41) is 15.1. The number of ether oxygens (including phenoxy) is 1. The Morgan fingerprint density at radius 2 is 2.29 bits per heavy atom. The Labute approximate surface area is 125 Å². The van der Waals surface area contributed by atoms with Gasteiger partial charge in [0.05, 0.1) is 11.3 Å². The number of amides is 1. The molecule has 21 heavy (non-hydrogen) atoms. The molecule has 1 aliphatic heterocycles. The van der Waals surface area contributed by atoms with Gasteiger partial charge in [-0.05, 0) is 30.4 Å². The van der Waals surface area contributed by atoms with Crippen molar-refractivity contribution in [2.45, 2.75) is 26.7 Å². The summed E-state index contributed by atoms with van der Waals surface area (Å²) < 4.78 is 5.62. The summed E-state index contributed by atoms with van der Waals surface area (Å²) >= 11 is 0. The van der Waals surface area contributed by atoms with E-state index in [1.165, 1.54) is 0 Å². The molecule has 5 nitrogen and oxygen atoms in total. The van der Waals surface area contributed by atoms with Crippen molar-refractivity contribution in [3.05, 3.63) is 23.8 Å². The van der Waals surface area contributed by atoms with Gasteiger partial charge in [-0.15, -0.1) is 0 Å². The molecule has 1 heterocycles. The number of carbonyl (C=O) groups is 1. The number of hydrogen-bond donors (Lipinski definition) is 3. The standard InChI is InChI=1S/C16H24N2O3/c1-16(2,7-4-9-19)11-18-15(20)12-5-3-6-13-14(12)21-10-8-17-13/h3,5-6,17,19H,4,7-11H2,1-2H3,(H,18,20). The van der Waals surface area contributed by atoms with E-state index >= 15 is 0 Å². The number of fused-ring (bicyclic) bond motifs is 1. The fourth-order valence-electron chi connectivity index (χ4n) is 2.41. The number of carbonyl (C=O) groups excluding carboxylic acids is 1. The zero-order chi connectivity index (χ0) is 15.3. The van der Waals surface area contributed by atoms with E-state index in [2.05, 4.69) is 24.5 Å². The largest absolute Gasteiger partial charge is 0.489 e. The van der Waals surface area contributed by atoms with Crippen LogP contribution < -0.4 is 15.4 Å². The molecule has 1 aliphatic rings. The highest BCUT2D eigenvalue weighted by Crippen LogP contribution is 2.31. The van der Waals surface area contributed by atoms with Crippen LogP contribution in [0.1, 0.15) is 37.0 Å². The van der Waals surface area contributed by atoms with Gasteiger partial charge in [0.2, 0.25) is 0 Å². The van der Waals surface area contributed by atoms with Crippen molar-refractivity contribution in [2.75, 3.05) is 31.6 Å². The zero-order valence-electron chi connectivity index (χ0n) is 12.7. The van der Waals surface area contributed by atoms with Crippen molar-refractivity contribution < 1.29 is 14.6 Å². The van der Waals surface area contributed by atoms with Gasteiger partial charge in [-0.2, -0.15) is 0 Å². The summed E-state index contributed by atoms with van der Waals surface area (Å²) in [4.78, 5) is 12.4. The van der Waals surface area contributed by atoms with E-state index in [0.29, 0.717) is 24.5 Å². The van der Waals surface area contributed by atoms with E-state index in [0.717, 1.165) is 25.1 Å². The van der Waals surface area contributed by atoms with Gasteiger partial charge in [0, 0.05) is 19.7 Å². The van der Waals surface area contributed by atoms with Crippen LogP contribution in [-0.4, -0.2) is 37.3 Å². The van der Waals surface area contributed by atoms with Crippen molar-refractivity contribution in [1.29, 1.82) is 0 Å². The summed E-state index contributed by atoms with van der Waals surface area (Å²) in [5.74, 6) is 0.516. The second kappa shape index (κ2) is 6.80. The van der Waals surface area contributed by atoms with Gasteiger partial charge < -0.3 is 20.5 Å². The monoisotopic (exact) mass is 292 g/mol. The molecule has 1 aromatic carbocycles. The lowest BCUT2D eigenvalue weighted by Crippen LogP contribution is -2.34. The Bertz CT molecular complexity index is 500. The van der Waals surface area contributed by atoms with E-state index in [1.54, 1.807) is 6.07 Å². The van der Waals surface area contributed by atoms with Gasteiger partial charge in [-0.1, -0.05) is 19.9 Å². The lowest BCUT2D eigenvalue weighted by molar-refractivity contribution is 0.0929. The smallest absolute Gasteiger partial charge is 0.255 e. The lowest BCUT2D eigenvalue weighted by atomic mass is 9.88. The average molecular weight is 292 g/mol. The van der Waals surface area contributed by atoms with Crippen LogP contribution in [0.3, 0.4) is 0 Å². The minimum absolute atomic E-state index is 0.0354. The quantitative estimate of drug-likeness (QED) is 0.750. The molecule has 0 atom stereocenters. The number of benzene rings is 1. The maximum atomic E-state index is 12.4. The Hall–Kier alpha value is -1.75. The summed E-state index contributed by atoms with van der Waals surface area (Å²) in [6.45, 7) is 6.25. The Morgan fingerprint density at radius 3 is 3.05 bits per heavy atom. The number of aliphatic hydroxyl groups is 1. The molecule has 0 spiro atoms. The number of hydrogen-bond acceptors (Lipinski definition) is 4. The van der Waals surface area contributed by atoms with Gasteiger partial charge in [0.1, 0.15) is 6.61 Å². The zero-order valence-corrected chi connectivity index (χ0v) is 12.7. The molecule has 0 saturated heterocycles. The first-order valence-electron chi connectivity index (χ1n) is 7.42. The summed E-state index contributed by atoms with van der Waals surface area (Å²) in [6, 6.07) is 5.55. The minimum atomic E-state index is -0.118. The molecule has 1 aromatic rings.